The Hall–Kier alpha value is -3.76. The zero-order chi connectivity index (χ0) is 21.9. The number of aromatic nitrogens is 3. The summed E-state index contributed by atoms with van der Waals surface area (Å²) in [4.78, 5) is 24.3. The number of hydrogen-bond acceptors (Lipinski definition) is 4. The van der Waals surface area contributed by atoms with E-state index < -0.39 is 35.2 Å². The first-order valence-electron chi connectivity index (χ1n) is 8.69. The summed E-state index contributed by atoms with van der Waals surface area (Å²) in [5.74, 6) is -2.68. The van der Waals surface area contributed by atoms with Crippen molar-refractivity contribution in [2.45, 2.75) is 19.5 Å². The predicted octanol–water partition coefficient (Wildman–Crippen LogP) is 3.06. The van der Waals surface area contributed by atoms with E-state index in [0.29, 0.717) is 4.68 Å². The Morgan fingerprint density at radius 3 is 2.13 bits per heavy atom. The summed E-state index contributed by atoms with van der Waals surface area (Å²) < 4.78 is 54.1. The summed E-state index contributed by atoms with van der Waals surface area (Å²) in [6, 6.07) is 10.5. The van der Waals surface area contributed by atoms with E-state index in [9.17, 15) is 27.2 Å². The monoisotopic (exact) mass is 421 g/mol. The van der Waals surface area contributed by atoms with Gasteiger partial charge in [-0.3, -0.25) is 20.4 Å². The molecule has 3 rings (SSSR count). The molecule has 1 heterocycles. The second-order valence-corrected chi connectivity index (χ2v) is 6.13. The van der Waals surface area contributed by atoms with Gasteiger partial charge in [-0.05, 0) is 48.4 Å². The van der Waals surface area contributed by atoms with Crippen LogP contribution in [0.25, 0.3) is 5.69 Å². The van der Waals surface area contributed by atoms with Crippen LogP contribution < -0.4 is 10.9 Å². The smallest absolute Gasteiger partial charge is 0.267 e. The molecule has 2 N–H and O–H groups in total. The molecule has 2 aromatic carbocycles. The van der Waals surface area contributed by atoms with Gasteiger partial charge < -0.3 is 0 Å². The van der Waals surface area contributed by atoms with Gasteiger partial charge in [0.05, 0.1) is 5.69 Å². The van der Waals surface area contributed by atoms with Crippen LogP contribution in [0.3, 0.4) is 0 Å². The van der Waals surface area contributed by atoms with Crippen LogP contribution in [0.15, 0.2) is 48.5 Å². The fourth-order valence-corrected chi connectivity index (χ4v) is 2.59. The van der Waals surface area contributed by atoms with E-state index in [1.807, 2.05) is 17.8 Å². The number of amides is 2. The van der Waals surface area contributed by atoms with Crippen LogP contribution >= 0.6 is 0 Å². The van der Waals surface area contributed by atoms with Crippen LogP contribution in [0, 0.1) is 5.82 Å². The Bertz CT molecular complexity index is 1060. The van der Waals surface area contributed by atoms with Crippen molar-refractivity contribution >= 4 is 11.8 Å². The van der Waals surface area contributed by atoms with Crippen molar-refractivity contribution in [1.82, 2.24) is 25.8 Å². The highest BCUT2D eigenvalue weighted by Gasteiger charge is 2.42. The van der Waals surface area contributed by atoms with Crippen molar-refractivity contribution in [3.8, 4) is 5.69 Å². The number of halogens is 4. The zero-order valence-electron chi connectivity index (χ0n) is 15.5. The van der Waals surface area contributed by atoms with Crippen LogP contribution in [0.2, 0.25) is 0 Å². The minimum Gasteiger partial charge on any atom is -0.267 e. The van der Waals surface area contributed by atoms with Crippen molar-refractivity contribution in [2.75, 3.05) is 0 Å². The lowest BCUT2D eigenvalue weighted by Gasteiger charge is -2.11. The lowest BCUT2D eigenvalue weighted by molar-refractivity contribution is -0.143. The van der Waals surface area contributed by atoms with Gasteiger partial charge in [-0.25, -0.2) is 9.07 Å². The number of hydrogen-bond donors (Lipinski definition) is 2. The highest BCUT2D eigenvalue weighted by atomic mass is 19.4. The standard InChI is InChI=1S/C19H15F4N5O2/c1-2-11-3-5-12(6-4-11)17(29)25-26-18(30)15-16(19(21,22)23)28(27-24-15)14-9-7-13(20)8-10-14/h3-10H,2H2,1H3,(H,25,29)(H,26,30). The molecule has 3 aromatic rings. The lowest BCUT2D eigenvalue weighted by Crippen LogP contribution is -2.42. The van der Waals surface area contributed by atoms with Gasteiger partial charge in [0.25, 0.3) is 11.8 Å². The minimum atomic E-state index is -5.00. The summed E-state index contributed by atoms with van der Waals surface area (Å²) in [5, 5.41) is 6.65. The molecule has 11 heteroatoms. The Labute approximate surface area is 167 Å². The molecule has 1 aromatic heterocycles. The van der Waals surface area contributed by atoms with Gasteiger partial charge in [-0.1, -0.05) is 24.3 Å². The van der Waals surface area contributed by atoms with Gasteiger partial charge in [-0.15, -0.1) is 5.10 Å². The Kier molecular flexibility index (Phi) is 5.81. The molecule has 0 unspecified atom stereocenters. The third kappa shape index (κ3) is 4.45. The highest BCUT2D eigenvalue weighted by Crippen LogP contribution is 2.32. The van der Waals surface area contributed by atoms with Crippen molar-refractivity contribution in [1.29, 1.82) is 0 Å². The molecule has 0 saturated carbocycles. The molecule has 0 aliphatic carbocycles. The number of rotatable bonds is 4. The molecular weight excluding hydrogens is 406 g/mol. The van der Waals surface area contributed by atoms with Gasteiger partial charge in [0.2, 0.25) is 0 Å². The van der Waals surface area contributed by atoms with E-state index in [1.165, 1.54) is 12.1 Å². The first-order chi connectivity index (χ1) is 14.2. The van der Waals surface area contributed by atoms with Crippen molar-refractivity contribution < 1.29 is 27.2 Å². The molecule has 7 nitrogen and oxygen atoms in total. The number of nitrogens with zero attached hydrogens (tertiary/aromatic N) is 3. The molecule has 30 heavy (non-hydrogen) atoms. The van der Waals surface area contributed by atoms with Gasteiger partial charge in [0, 0.05) is 5.56 Å². The van der Waals surface area contributed by atoms with E-state index >= 15 is 0 Å². The fourth-order valence-electron chi connectivity index (χ4n) is 2.59. The minimum absolute atomic E-state index is 0.143. The van der Waals surface area contributed by atoms with Crippen molar-refractivity contribution in [2.24, 2.45) is 0 Å². The van der Waals surface area contributed by atoms with E-state index in [2.05, 4.69) is 10.3 Å². The highest BCUT2D eigenvalue weighted by molar-refractivity contribution is 5.98. The molecule has 0 aliphatic heterocycles. The fraction of sp³-hybridized carbons (Fsp3) is 0.158. The number of nitrogens with one attached hydrogen (secondary N) is 2. The first-order valence-corrected chi connectivity index (χ1v) is 8.69. The molecular formula is C19H15F4N5O2. The molecule has 2 amide bonds. The zero-order valence-corrected chi connectivity index (χ0v) is 15.5. The Morgan fingerprint density at radius 2 is 1.57 bits per heavy atom. The summed E-state index contributed by atoms with van der Waals surface area (Å²) in [5.41, 5.74) is 2.48. The van der Waals surface area contributed by atoms with E-state index in [4.69, 9.17) is 0 Å². The molecule has 156 valence electrons. The molecule has 0 spiro atoms. The van der Waals surface area contributed by atoms with Crippen LogP contribution in [0.1, 0.15) is 39.0 Å². The average molecular weight is 421 g/mol. The summed E-state index contributed by atoms with van der Waals surface area (Å²) in [7, 11) is 0. The second-order valence-electron chi connectivity index (χ2n) is 6.13. The van der Waals surface area contributed by atoms with Gasteiger partial charge in [0.1, 0.15) is 5.82 Å². The van der Waals surface area contributed by atoms with Crippen molar-refractivity contribution in [3.63, 3.8) is 0 Å². The second kappa shape index (κ2) is 8.31. The SMILES string of the molecule is CCc1ccc(C(=O)NNC(=O)c2nnn(-c3ccc(F)cc3)c2C(F)(F)F)cc1. The molecule has 0 saturated heterocycles. The summed E-state index contributed by atoms with van der Waals surface area (Å²) in [6.07, 6.45) is -4.23. The number of benzene rings is 2. The maximum Gasteiger partial charge on any atom is 0.435 e. The summed E-state index contributed by atoms with van der Waals surface area (Å²) in [6.45, 7) is 1.94. The van der Waals surface area contributed by atoms with Crippen LogP contribution in [-0.2, 0) is 12.6 Å². The van der Waals surface area contributed by atoms with E-state index in [0.717, 1.165) is 36.2 Å². The van der Waals surface area contributed by atoms with Gasteiger partial charge >= 0.3 is 6.18 Å². The third-order valence-corrected chi connectivity index (χ3v) is 4.14. The normalized spacial score (nSPS) is 11.2. The molecule has 0 radical (unpaired) electrons. The maximum atomic E-state index is 13.6. The number of carbonyl (C=O) groups excluding carboxylic acids is 2. The van der Waals surface area contributed by atoms with Crippen molar-refractivity contribution in [3.05, 3.63) is 76.9 Å². The van der Waals surface area contributed by atoms with Crippen LogP contribution in [0.5, 0.6) is 0 Å². The maximum absolute atomic E-state index is 13.6. The quantitative estimate of drug-likeness (QED) is 0.501. The summed E-state index contributed by atoms with van der Waals surface area (Å²) >= 11 is 0. The van der Waals surface area contributed by atoms with Gasteiger partial charge in [0.15, 0.2) is 11.4 Å². The third-order valence-electron chi connectivity index (χ3n) is 4.14. The number of carbonyl (C=O) groups is 2. The average Bonchev–Trinajstić information content (AvgIpc) is 3.18. The first kappa shape index (κ1) is 21.0. The van der Waals surface area contributed by atoms with Gasteiger partial charge in [-0.2, -0.15) is 13.2 Å². The number of alkyl halides is 3. The molecule has 0 fully saturated rings. The predicted molar refractivity (Wildman–Crippen MR) is 97.1 cm³/mol. The van der Waals surface area contributed by atoms with E-state index in [1.54, 1.807) is 12.1 Å². The van der Waals surface area contributed by atoms with E-state index in [-0.39, 0.29) is 11.3 Å². The van der Waals surface area contributed by atoms with Crippen LogP contribution in [-0.4, -0.2) is 26.8 Å². The van der Waals surface area contributed by atoms with Crippen LogP contribution in [0.4, 0.5) is 17.6 Å². The molecule has 0 aliphatic rings. The Morgan fingerprint density at radius 1 is 0.967 bits per heavy atom. The Balaban J connectivity index is 1.81. The topological polar surface area (TPSA) is 88.9 Å². The largest absolute Gasteiger partial charge is 0.435 e. The molecule has 0 atom stereocenters. The lowest BCUT2D eigenvalue weighted by atomic mass is 10.1. The number of aryl methyl sites for hydroxylation is 1. The molecule has 0 bridgehead atoms. The number of hydrazine groups is 1.